The Morgan fingerprint density at radius 1 is 0.938 bits per heavy atom. The number of anilines is 2. The van der Waals surface area contributed by atoms with Crippen molar-refractivity contribution in [1.29, 1.82) is 0 Å². The zero-order chi connectivity index (χ0) is 11.3. The summed E-state index contributed by atoms with van der Waals surface area (Å²) in [5, 5.41) is 2.21. The fourth-order valence-corrected chi connectivity index (χ4v) is 2.29. The molecule has 80 valence electrons. The molecule has 0 amide bonds. The number of rotatable bonds is 0. The number of nitrogens with zero attached hydrogens (tertiary/aromatic N) is 1. The van der Waals surface area contributed by atoms with Crippen molar-refractivity contribution in [1.82, 2.24) is 4.57 Å². The van der Waals surface area contributed by atoms with E-state index in [1.165, 1.54) is 5.52 Å². The van der Waals surface area contributed by atoms with Crippen molar-refractivity contribution >= 4 is 33.2 Å². The van der Waals surface area contributed by atoms with Crippen LogP contribution in [0.5, 0.6) is 0 Å². The van der Waals surface area contributed by atoms with Crippen molar-refractivity contribution < 1.29 is 0 Å². The minimum Gasteiger partial charge on any atom is -0.397 e. The van der Waals surface area contributed by atoms with Gasteiger partial charge < -0.3 is 16.0 Å². The van der Waals surface area contributed by atoms with Crippen LogP contribution in [-0.2, 0) is 7.05 Å². The monoisotopic (exact) mass is 211 g/mol. The highest BCUT2D eigenvalue weighted by Gasteiger charge is 2.11. The fraction of sp³-hybridized carbons (Fsp3) is 0.0769. The van der Waals surface area contributed by atoms with Crippen molar-refractivity contribution in [2.75, 3.05) is 11.5 Å². The molecule has 0 unspecified atom stereocenters. The molecule has 0 bridgehead atoms. The maximum Gasteiger partial charge on any atom is 0.0649 e. The van der Waals surface area contributed by atoms with E-state index in [0.29, 0.717) is 11.4 Å². The minimum absolute atomic E-state index is 0.642. The van der Waals surface area contributed by atoms with Gasteiger partial charge in [-0.05, 0) is 18.2 Å². The number of benzene rings is 2. The van der Waals surface area contributed by atoms with Gasteiger partial charge in [-0.3, -0.25) is 0 Å². The SMILES string of the molecule is Cn1c2ccccc2c2c(N)c(N)ccc21. The van der Waals surface area contributed by atoms with E-state index in [-0.39, 0.29) is 0 Å². The lowest BCUT2D eigenvalue weighted by atomic mass is 10.1. The van der Waals surface area contributed by atoms with E-state index in [2.05, 4.69) is 16.7 Å². The van der Waals surface area contributed by atoms with Gasteiger partial charge in [0.25, 0.3) is 0 Å². The maximum atomic E-state index is 6.06. The van der Waals surface area contributed by atoms with Crippen LogP contribution in [0.3, 0.4) is 0 Å². The highest BCUT2D eigenvalue weighted by atomic mass is 14.9. The molecule has 0 aliphatic rings. The van der Waals surface area contributed by atoms with E-state index >= 15 is 0 Å². The standard InChI is InChI=1S/C13H13N3/c1-16-10-5-3-2-4-8(10)12-11(16)7-6-9(14)13(12)15/h2-7H,14-15H2,1H3. The number of fused-ring (bicyclic) bond motifs is 3. The van der Waals surface area contributed by atoms with Gasteiger partial charge in [0.2, 0.25) is 0 Å². The average molecular weight is 211 g/mol. The average Bonchev–Trinajstić information content (AvgIpc) is 2.59. The zero-order valence-corrected chi connectivity index (χ0v) is 9.07. The summed E-state index contributed by atoms with van der Waals surface area (Å²) in [6.45, 7) is 0. The molecular formula is C13H13N3. The lowest BCUT2D eigenvalue weighted by molar-refractivity contribution is 1.01. The molecule has 2 aromatic carbocycles. The van der Waals surface area contributed by atoms with Crippen LogP contribution in [-0.4, -0.2) is 4.57 Å². The predicted octanol–water partition coefficient (Wildman–Crippen LogP) is 2.50. The lowest BCUT2D eigenvalue weighted by Gasteiger charge is -2.02. The first-order valence-electron chi connectivity index (χ1n) is 5.21. The molecule has 3 aromatic rings. The van der Waals surface area contributed by atoms with Crippen LogP contribution in [0.1, 0.15) is 0 Å². The molecule has 3 heteroatoms. The highest BCUT2D eigenvalue weighted by molar-refractivity contribution is 6.15. The van der Waals surface area contributed by atoms with Crippen LogP contribution in [0, 0.1) is 0 Å². The zero-order valence-electron chi connectivity index (χ0n) is 9.07. The Kier molecular flexibility index (Phi) is 1.66. The predicted molar refractivity (Wildman–Crippen MR) is 69.2 cm³/mol. The van der Waals surface area contributed by atoms with Crippen molar-refractivity contribution in [3.63, 3.8) is 0 Å². The van der Waals surface area contributed by atoms with Crippen LogP contribution in [0.2, 0.25) is 0 Å². The Labute approximate surface area is 93.3 Å². The number of para-hydroxylation sites is 1. The molecule has 0 spiro atoms. The van der Waals surface area contributed by atoms with E-state index in [1.807, 2.05) is 31.3 Å². The molecule has 0 aliphatic carbocycles. The van der Waals surface area contributed by atoms with Crippen molar-refractivity contribution in [2.24, 2.45) is 7.05 Å². The van der Waals surface area contributed by atoms with Crippen LogP contribution >= 0.6 is 0 Å². The molecule has 1 heterocycles. The Balaban J connectivity index is 2.68. The first-order chi connectivity index (χ1) is 7.70. The number of hydrogen-bond acceptors (Lipinski definition) is 2. The summed E-state index contributed by atoms with van der Waals surface area (Å²) in [7, 11) is 2.04. The molecule has 0 atom stereocenters. The summed E-state index contributed by atoms with van der Waals surface area (Å²) in [6.07, 6.45) is 0. The van der Waals surface area contributed by atoms with Gasteiger partial charge >= 0.3 is 0 Å². The number of hydrogen-bond donors (Lipinski definition) is 2. The molecule has 0 saturated heterocycles. The summed E-state index contributed by atoms with van der Waals surface area (Å²) >= 11 is 0. The Bertz CT molecular complexity index is 695. The second-order valence-electron chi connectivity index (χ2n) is 4.04. The van der Waals surface area contributed by atoms with Crippen LogP contribution < -0.4 is 11.5 Å². The van der Waals surface area contributed by atoms with Gasteiger partial charge in [0.1, 0.15) is 0 Å². The molecule has 0 radical (unpaired) electrons. The largest absolute Gasteiger partial charge is 0.397 e. The topological polar surface area (TPSA) is 57.0 Å². The van der Waals surface area contributed by atoms with Gasteiger partial charge in [0.05, 0.1) is 16.9 Å². The first-order valence-corrected chi connectivity index (χ1v) is 5.21. The van der Waals surface area contributed by atoms with Crippen molar-refractivity contribution in [3.05, 3.63) is 36.4 Å². The molecule has 3 rings (SSSR count). The Hall–Kier alpha value is -2.16. The minimum atomic E-state index is 0.642. The van der Waals surface area contributed by atoms with E-state index in [0.717, 1.165) is 16.3 Å². The molecular weight excluding hydrogens is 198 g/mol. The summed E-state index contributed by atoms with van der Waals surface area (Å²) < 4.78 is 2.14. The molecule has 16 heavy (non-hydrogen) atoms. The summed E-state index contributed by atoms with van der Waals surface area (Å²) in [6, 6.07) is 12.1. The van der Waals surface area contributed by atoms with Gasteiger partial charge in [0.15, 0.2) is 0 Å². The van der Waals surface area contributed by atoms with E-state index in [9.17, 15) is 0 Å². The highest BCUT2D eigenvalue weighted by Crippen LogP contribution is 2.34. The Morgan fingerprint density at radius 3 is 2.50 bits per heavy atom. The second-order valence-corrected chi connectivity index (χ2v) is 4.04. The van der Waals surface area contributed by atoms with Crippen LogP contribution in [0.25, 0.3) is 21.8 Å². The Morgan fingerprint density at radius 2 is 1.69 bits per heavy atom. The van der Waals surface area contributed by atoms with Crippen LogP contribution in [0.15, 0.2) is 36.4 Å². The summed E-state index contributed by atoms with van der Waals surface area (Å²) in [5.41, 5.74) is 15.5. The number of nitrogens with two attached hydrogens (primary N) is 2. The van der Waals surface area contributed by atoms with E-state index in [4.69, 9.17) is 11.5 Å². The number of aryl methyl sites for hydroxylation is 1. The van der Waals surface area contributed by atoms with Gasteiger partial charge in [-0.2, -0.15) is 0 Å². The third-order valence-corrected chi connectivity index (χ3v) is 3.15. The van der Waals surface area contributed by atoms with Gasteiger partial charge in [0, 0.05) is 23.3 Å². The van der Waals surface area contributed by atoms with E-state index < -0.39 is 0 Å². The molecule has 3 nitrogen and oxygen atoms in total. The molecule has 4 N–H and O–H groups in total. The number of aromatic nitrogens is 1. The van der Waals surface area contributed by atoms with Crippen LogP contribution in [0.4, 0.5) is 11.4 Å². The van der Waals surface area contributed by atoms with Crippen molar-refractivity contribution in [2.45, 2.75) is 0 Å². The normalized spacial score (nSPS) is 11.3. The third kappa shape index (κ3) is 0.972. The lowest BCUT2D eigenvalue weighted by Crippen LogP contribution is -1.95. The fourth-order valence-electron chi connectivity index (χ4n) is 2.29. The molecule has 0 aliphatic heterocycles. The maximum absolute atomic E-state index is 6.06. The van der Waals surface area contributed by atoms with Gasteiger partial charge in [-0.15, -0.1) is 0 Å². The smallest absolute Gasteiger partial charge is 0.0649 e. The molecule has 0 saturated carbocycles. The quantitative estimate of drug-likeness (QED) is 0.561. The molecule has 1 aromatic heterocycles. The van der Waals surface area contributed by atoms with Crippen molar-refractivity contribution in [3.8, 4) is 0 Å². The third-order valence-electron chi connectivity index (χ3n) is 3.15. The summed E-state index contributed by atoms with van der Waals surface area (Å²) in [5.74, 6) is 0. The van der Waals surface area contributed by atoms with Gasteiger partial charge in [-0.1, -0.05) is 18.2 Å². The van der Waals surface area contributed by atoms with E-state index in [1.54, 1.807) is 0 Å². The second kappa shape index (κ2) is 2.92. The first kappa shape index (κ1) is 9.09. The summed E-state index contributed by atoms with van der Waals surface area (Å²) in [4.78, 5) is 0. The molecule has 0 fully saturated rings. The van der Waals surface area contributed by atoms with Gasteiger partial charge in [-0.25, -0.2) is 0 Å². The number of nitrogen functional groups attached to an aromatic ring is 2.